The Morgan fingerprint density at radius 3 is 2.44 bits per heavy atom. The molecule has 0 radical (unpaired) electrons. The maximum atomic E-state index is 12.7. The fourth-order valence-electron chi connectivity index (χ4n) is 3.39. The molecule has 2 aromatic carbocycles. The Morgan fingerprint density at radius 2 is 1.78 bits per heavy atom. The van der Waals surface area contributed by atoms with Crippen LogP contribution in [0.3, 0.4) is 0 Å². The van der Waals surface area contributed by atoms with Crippen LogP contribution in [0.5, 0.6) is 11.5 Å². The van der Waals surface area contributed by atoms with Crippen LogP contribution in [0.25, 0.3) is 0 Å². The highest BCUT2D eigenvalue weighted by molar-refractivity contribution is 7.89. The Labute approximate surface area is 188 Å². The molecule has 1 heterocycles. The van der Waals surface area contributed by atoms with Gasteiger partial charge in [-0.25, -0.2) is 8.42 Å². The van der Waals surface area contributed by atoms with E-state index in [1.54, 1.807) is 42.5 Å². The van der Waals surface area contributed by atoms with Gasteiger partial charge in [0.2, 0.25) is 10.0 Å². The van der Waals surface area contributed by atoms with Gasteiger partial charge in [-0.2, -0.15) is 9.57 Å². The highest BCUT2D eigenvalue weighted by atomic mass is 32.2. The van der Waals surface area contributed by atoms with Gasteiger partial charge >= 0.3 is 0 Å². The molecule has 0 aromatic heterocycles. The third kappa shape index (κ3) is 5.99. The summed E-state index contributed by atoms with van der Waals surface area (Å²) in [7, 11) is -3.47. The van der Waals surface area contributed by atoms with E-state index in [2.05, 4.69) is 5.32 Å². The fourth-order valence-corrected chi connectivity index (χ4v) is 4.91. The topological polar surface area (TPSA) is 109 Å². The number of amides is 1. The average Bonchev–Trinajstić information content (AvgIpc) is 2.83. The number of carbonyl (C=O) groups is 1. The zero-order valence-electron chi connectivity index (χ0n) is 18.0. The van der Waals surface area contributed by atoms with Crippen molar-refractivity contribution in [3.8, 4) is 17.6 Å². The Bertz CT molecular complexity index is 1070. The summed E-state index contributed by atoms with van der Waals surface area (Å²) in [5.74, 6) is 0.458. The van der Waals surface area contributed by atoms with Gasteiger partial charge in [0.25, 0.3) is 5.91 Å². The van der Waals surface area contributed by atoms with Crippen molar-refractivity contribution in [3.05, 3.63) is 53.6 Å². The minimum absolute atomic E-state index is 0.215. The zero-order chi connectivity index (χ0) is 23.0. The van der Waals surface area contributed by atoms with Crippen LogP contribution >= 0.6 is 0 Å². The van der Waals surface area contributed by atoms with Crippen molar-refractivity contribution in [3.63, 3.8) is 0 Å². The molecule has 8 nitrogen and oxygen atoms in total. The summed E-state index contributed by atoms with van der Waals surface area (Å²) in [5, 5.41) is 11.7. The minimum Gasteiger partial charge on any atom is -0.490 e. The lowest BCUT2D eigenvalue weighted by atomic mass is 10.2. The van der Waals surface area contributed by atoms with Gasteiger partial charge in [-0.15, -0.1) is 0 Å². The number of benzene rings is 2. The van der Waals surface area contributed by atoms with E-state index in [1.807, 2.05) is 13.0 Å². The van der Waals surface area contributed by atoms with E-state index in [4.69, 9.17) is 14.7 Å². The second kappa shape index (κ2) is 11.0. The van der Waals surface area contributed by atoms with Crippen LogP contribution in [0.2, 0.25) is 0 Å². The number of nitrogens with zero attached hydrogens (tertiary/aromatic N) is 2. The molecule has 0 aliphatic carbocycles. The molecule has 9 heteroatoms. The molecule has 1 aliphatic heterocycles. The number of carbonyl (C=O) groups excluding carboxylic acids is 1. The number of hydrogen-bond donors (Lipinski definition) is 1. The van der Waals surface area contributed by atoms with E-state index in [-0.39, 0.29) is 24.0 Å². The molecular formula is C23H27N3O5S. The molecule has 0 spiro atoms. The summed E-state index contributed by atoms with van der Waals surface area (Å²) in [6.45, 7) is 3.37. The third-order valence-corrected chi connectivity index (χ3v) is 7.01. The van der Waals surface area contributed by atoms with Crippen molar-refractivity contribution < 1.29 is 22.7 Å². The summed E-state index contributed by atoms with van der Waals surface area (Å²) in [4.78, 5) is 12.4. The van der Waals surface area contributed by atoms with Crippen molar-refractivity contribution in [2.75, 3.05) is 26.3 Å². The molecular weight excluding hydrogens is 430 g/mol. The number of nitriles is 1. The second-order valence-electron chi connectivity index (χ2n) is 7.38. The summed E-state index contributed by atoms with van der Waals surface area (Å²) in [6.07, 6.45) is 2.84. The van der Waals surface area contributed by atoms with E-state index in [0.717, 1.165) is 24.8 Å². The second-order valence-corrected chi connectivity index (χ2v) is 9.32. The van der Waals surface area contributed by atoms with Gasteiger partial charge < -0.3 is 14.8 Å². The number of rotatable bonds is 9. The first-order valence-corrected chi connectivity index (χ1v) is 12.0. The van der Waals surface area contributed by atoms with Gasteiger partial charge in [0.05, 0.1) is 23.1 Å². The molecule has 1 amide bonds. The first kappa shape index (κ1) is 23.6. The predicted molar refractivity (Wildman–Crippen MR) is 119 cm³/mol. The molecule has 1 saturated heterocycles. The number of nitrogens with one attached hydrogen (secondary N) is 1. The molecule has 3 rings (SSSR count). The lowest BCUT2D eigenvalue weighted by Crippen LogP contribution is -2.35. The highest BCUT2D eigenvalue weighted by Gasteiger charge is 2.25. The van der Waals surface area contributed by atoms with Gasteiger partial charge in [0, 0.05) is 25.7 Å². The molecule has 1 aliphatic rings. The molecule has 2 aromatic rings. The zero-order valence-corrected chi connectivity index (χ0v) is 18.9. The van der Waals surface area contributed by atoms with Crippen molar-refractivity contribution in [1.29, 1.82) is 5.26 Å². The largest absolute Gasteiger partial charge is 0.490 e. The smallest absolute Gasteiger partial charge is 0.258 e. The third-order valence-electron chi connectivity index (χ3n) is 5.10. The van der Waals surface area contributed by atoms with E-state index >= 15 is 0 Å². The lowest BCUT2D eigenvalue weighted by Gasteiger charge is -2.25. The molecule has 1 N–H and O–H groups in total. The van der Waals surface area contributed by atoms with E-state index in [0.29, 0.717) is 36.8 Å². The molecule has 170 valence electrons. The average molecular weight is 458 g/mol. The first-order chi connectivity index (χ1) is 15.4. The number of piperidine rings is 1. The van der Waals surface area contributed by atoms with Crippen molar-refractivity contribution in [2.24, 2.45) is 0 Å². The number of hydrogen-bond acceptors (Lipinski definition) is 6. The van der Waals surface area contributed by atoms with Gasteiger partial charge in [-0.05, 0) is 49.6 Å². The van der Waals surface area contributed by atoms with E-state index in [1.165, 1.54) is 4.31 Å². The molecule has 1 fully saturated rings. The number of sulfonamides is 1. The Balaban J connectivity index is 1.53. The van der Waals surface area contributed by atoms with Crippen molar-refractivity contribution >= 4 is 15.9 Å². The Morgan fingerprint density at radius 1 is 1.06 bits per heavy atom. The Hall–Kier alpha value is -3.09. The maximum Gasteiger partial charge on any atom is 0.258 e. The molecule has 32 heavy (non-hydrogen) atoms. The van der Waals surface area contributed by atoms with Crippen molar-refractivity contribution in [2.45, 2.75) is 37.6 Å². The predicted octanol–water partition coefficient (Wildman–Crippen LogP) is 2.83. The lowest BCUT2D eigenvalue weighted by molar-refractivity contribution is -0.123. The summed E-state index contributed by atoms with van der Waals surface area (Å²) in [5.41, 5.74) is 1.22. The summed E-state index contributed by atoms with van der Waals surface area (Å²) >= 11 is 0. The molecule has 0 atom stereocenters. The van der Waals surface area contributed by atoms with Crippen LogP contribution in [-0.4, -0.2) is 44.9 Å². The quantitative estimate of drug-likeness (QED) is 0.620. The van der Waals surface area contributed by atoms with Gasteiger partial charge in [-0.1, -0.05) is 18.6 Å². The van der Waals surface area contributed by atoms with Gasteiger partial charge in [-0.3, -0.25) is 4.79 Å². The van der Waals surface area contributed by atoms with Crippen LogP contribution in [0.1, 0.15) is 37.3 Å². The molecule has 0 bridgehead atoms. The van der Waals surface area contributed by atoms with Crippen LogP contribution in [0.4, 0.5) is 0 Å². The van der Waals surface area contributed by atoms with Crippen LogP contribution in [0.15, 0.2) is 47.4 Å². The highest BCUT2D eigenvalue weighted by Crippen LogP contribution is 2.28. The SMILES string of the molecule is CCOc1cc(C#N)ccc1OCC(=O)NCc1ccc(S(=O)(=O)N2CCCCC2)cc1. The summed E-state index contributed by atoms with van der Waals surface area (Å²) in [6, 6.07) is 13.3. The molecule has 0 saturated carbocycles. The Kier molecular flexibility index (Phi) is 8.09. The summed E-state index contributed by atoms with van der Waals surface area (Å²) < 4.78 is 38.0. The van der Waals surface area contributed by atoms with Crippen LogP contribution < -0.4 is 14.8 Å². The van der Waals surface area contributed by atoms with Gasteiger partial charge in [0.15, 0.2) is 18.1 Å². The number of ether oxygens (including phenoxy) is 2. The van der Waals surface area contributed by atoms with E-state index in [9.17, 15) is 13.2 Å². The fraction of sp³-hybridized carbons (Fsp3) is 0.391. The maximum absolute atomic E-state index is 12.7. The standard InChI is InChI=1S/C23H27N3O5S/c1-2-30-22-14-19(15-24)8-11-21(22)31-17-23(27)25-16-18-6-9-20(10-7-18)32(28,29)26-12-4-3-5-13-26/h6-11,14H,2-5,12-13,16-17H2,1H3,(H,25,27). The molecule has 0 unspecified atom stereocenters. The minimum atomic E-state index is -3.47. The van der Waals surface area contributed by atoms with Crippen molar-refractivity contribution in [1.82, 2.24) is 9.62 Å². The van der Waals surface area contributed by atoms with Crippen LogP contribution in [-0.2, 0) is 21.4 Å². The van der Waals surface area contributed by atoms with Gasteiger partial charge in [0.1, 0.15) is 0 Å². The monoisotopic (exact) mass is 457 g/mol. The normalized spacial score (nSPS) is 14.4. The van der Waals surface area contributed by atoms with E-state index < -0.39 is 10.0 Å². The first-order valence-electron chi connectivity index (χ1n) is 10.6. The van der Waals surface area contributed by atoms with Crippen LogP contribution in [0, 0.1) is 11.3 Å².